The average Bonchev–Trinajstić information content (AvgIpc) is 3.18. The number of thiophene rings is 1. The van der Waals surface area contributed by atoms with E-state index < -0.39 is 5.60 Å². The van der Waals surface area contributed by atoms with E-state index in [1.807, 2.05) is 39.8 Å². The highest BCUT2D eigenvalue weighted by Crippen LogP contribution is 2.37. The number of hydrogen-bond donors (Lipinski definition) is 1. The van der Waals surface area contributed by atoms with E-state index in [1.54, 1.807) is 11.3 Å². The van der Waals surface area contributed by atoms with Gasteiger partial charge in [0.2, 0.25) is 0 Å². The molecular weight excluding hydrogens is 318 g/mol. The van der Waals surface area contributed by atoms with Crippen molar-refractivity contribution in [3.05, 3.63) is 46.0 Å². The van der Waals surface area contributed by atoms with Gasteiger partial charge >= 0.3 is 0 Å². The van der Waals surface area contributed by atoms with E-state index in [1.165, 1.54) is 5.56 Å². The van der Waals surface area contributed by atoms with Crippen LogP contribution in [0.25, 0.3) is 0 Å². The summed E-state index contributed by atoms with van der Waals surface area (Å²) in [7, 11) is 0. The molecule has 0 unspecified atom stereocenters. The van der Waals surface area contributed by atoms with Crippen molar-refractivity contribution in [3.8, 4) is 0 Å². The van der Waals surface area contributed by atoms with Crippen molar-refractivity contribution >= 4 is 11.3 Å². The maximum atomic E-state index is 11.1. The summed E-state index contributed by atoms with van der Waals surface area (Å²) in [5, 5.41) is 15.4. The van der Waals surface area contributed by atoms with Crippen molar-refractivity contribution in [2.45, 2.75) is 59.7 Å². The molecule has 0 saturated carbocycles. The summed E-state index contributed by atoms with van der Waals surface area (Å²) in [6, 6.07) is 6.14. The van der Waals surface area contributed by atoms with Gasteiger partial charge in [-0.15, -0.1) is 0 Å². The second kappa shape index (κ2) is 8.32. The van der Waals surface area contributed by atoms with Crippen molar-refractivity contribution in [3.63, 3.8) is 0 Å². The van der Waals surface area contributed by atoms with Gasteiger partial charge < -0.3 is 9.52 Å². The van der Waals surface area contributed by atoms with Gasteiger partial charge in [0.25, 0.3) is 0 Å². The van der Waals surface area contributed by atoms with Crippen LogP contribution in [0.2, 0.25) is 0 Å². The molecule has 0 saturated heterocycles. The van der Waals surface area contributed by atoms with Crippen LogP contribution in [-0.4, -0.2) is 16.6 Å². The Bertz CT molecular complexity index is 593. The highest BCUT2D eigenvalue weighted by atomic mass is 32.1. The lowest BCUT2D eigenvalue weighted by molar-refractivity contribution is -0.0711. The lowest BCUT2D eigenvalue weighted by Gasteiger charge is -2.34. The Kier molecular flexibility index (Phi) is 6.67. The molecule has 0 aliphatic heterocycles. The number of furan rings is 1. The third-order valence-corrected chi connectivity index (χ3v) is 5.45. The van der Waals surface area contributed by atoms with Crippen molar-refractivity contribution in [2.75, 3.05) is 6.54 Å². The summed E-state index contributed by atoms with van der Waals surface area (Å²) in [4.78, 5) is 2.40. The molecule has 1 N–H and O–H groups in total. The van der Waals surface area contributed by atoms with E-state index in [9.17, 15) is 5.11 Å². The standard InChI is InChI=1S/C20H31NO2S/c1-6-10-21(12-17-9-11-24-14-17)13-18-7-8-19(23-18)20(22,15(2)3)16(4)5/h7-9,11,14-16,22H,6,10,12-13H2,1-5H3. The van der Waals surface area contributed by atoms with Gasteiger partial charge in [0.1, 0.15) is 17.1 Å². The average molecular weight is 350 g/mol. The molecule has 4 heteroatoms. The third kappa shape index (κ3) is 4.29. The van der Waals surface area contributed by atoms with Crippen LogP contribution < -0.4 is 0 Å². The summed E-state index contributed by atoms with van der Waals surface area (Å²) in [5.41, 5.74) is 0.433. The predicted molar refractivity (Wildman–Crippen MR) is 101 cm³/mol. The van der Waals surface area contributed by atoms with Crippen molar-refractivity contribution in [1.82, 2.24) is 4.90 Å². The predicted octanol–water partition coefficient (Wildman–Crippen LogP) is 5.25. The van der Waals surface area contributed by atoms with Crippen molar-refractivity contribution in [1.29, 1.82) is 0 Å². The number of rotatable bonds is 9. The monoisotopic (exact) mass is 349 g/mol. The van der Waals surface area contributed by atoms with E-state index in [-0.39, 0.29) is 11.8 Å². The van der Waals surface area contributed by atoms with Gasteiger partial charge in [0, 0.05) is 6.54 Å². The molecule has 0 aromatic carbocycles. The molecule has 0 aliphatic rings. The minimum atomic E-state index is -0.915. The smallest absolute Gasteiger partial charge is 0.136 e. The summed E-state index contributed by atoms with van der Waals surface area (Å²) in [5.74, 6) is 1.82. The fourth-order valence-electron chi connectivity index (χ4n) is 3.31. The molecule has 0 aliphatic carbocycles. The summed E-state index contributed by atoms with van der Waals surface area (Å²) in [6.07, 6.45) is 1.11. The van der Waals surface area contributed by atoms with E-state index >= 15 is 0 Å². The lowest BCUT2D eigenvalue weighted by atomic mass is 9.78. The maximum Gasteiger partial charge on any atom is 0.136 e. The number of aliphatic hydroxyl groups is 1. The van der Waals surface area contributed by atoms with Crippen LogP contribution in [0, 0.1) is 11.8 Å². The van der Waals surface area contributed by atoms with Crippen LogP contribution in [0.5, 0.6) is 0 Å². The van der Waals surface area contributed by atoms with Gasteiger partial charge in [-0.05, 0) is 59.3 Å². The molecule has 2 aromatic rings. The molecule has 24 heavy (non-hydrogen) atoms. The van der Waals surface area contributed by atoms with Gasteiger partial charge in [-0.25, -0.2) is 0 Å². The molecule has 0 fully saturated rings. The number of nitrogens with zero attached hydrogens (tertiary/aromatic N) is 1. The first kappa shape index (κ1) is 19.2. The van der Waals surface area contributed by atoms with Gasteiger partial charge in [0.15, 0.2) is 0 Å². The Balaban J connectivity index is 2.13. The first-order valence-electron chi connectivity index (χ1n) is 8.92. The van der Waals surface area contributed by atoms with E-state index in [0.717, 1.165) is 31.8 Å². The zero-order valence-corrected chi connectivity index (χ0v) is 16.4. The van der Waals surface area contributed by atoms with Crippen LogP contribution in [-0.2, 0) is 18.7 Å². The van der Waals surface area contributed by atoms with Gasteiger partial charge in [-0.2, -0.15) is 11.3 Å². The molecule has 0 atom stereocenters. The molecular formula is C20H31NO2S. The van der Waals surface area contributed by atoms with Gasteiger partial charge in [-0.1, -0.05) is 34.6 Å². The summed E-state index contributed by atoms with van der Waals surface area (Å²) in [6.45, 7) is 13.1. The second-order valence-corrected chi connectivity index (χ2v) is 8.02. The molecule has 0 spiro atoms. The largest absolute Gasteiger partial charge is 0.462 e. The Labute approximate surface area is 150 Å². The van der Waals surface area contributed by atoms with Crippen LogP contribution >= 0.6 is 11.3 Å². The van der Waals surface area contributed by atoms with E-state index in [0.29, 0.717) is 5.76 Å². The quantitative estimate of drug-likeness (QED) is 0.671. The molecule has 2 rings (SSSR count). The normalized spacial score (nSPS) is 12.7. The highest BCUT2D eigenvalue weighted by Gasteiger charge is 2.39. The van der Waals surface area contributed by atoms with Crippen LogP contribution in [0.15, 0.2) is 33.4 Å². The molecule has 2 aromatic heterocycles. The van der Waals surface area contributed by atoms with Gasteiger partial charge in [0.05, 0.1) is 6.54 Å². The number of hydrogen-bond acceptors (Lipinski definition) is 4. The Morgan fingerprint density at radius 1 is 1.12 bits per heavy atom. The van der Waals surface area contributed by atoms with Crippen LogP contribution in [0.3, 0.4) is 0 Å². The Morgan fingerprint density at radius 2 is 1.83 bits per heavy atom. The molecule has 0 bridgehead atoms. The van der Waals surface area contributed by atoms with Crippen LogP contribution in [0.1, 0.15) is 58.1 Å². The van der Waals surface area contributed by atoms with Gasteiger partial charge in [-0.3, -0.25) is 4.90 Å². The highest BCUT2D eigenvalue weighted by molar-refractivity contribution is 7.07. The first-order valence-corrected chi connectivity index (χ1v) is 9.87. The Hall–Kier alpha value is -1.10. The van der Waals surface area contributed by atoms with Crippen molar-refractivity contribution in [2.24, 2.45) is 11.8 Å². The van der Waals surface area contributed by atoms with E-state index in [2.05, 4.69) is 28.7 Å². The van der Waals surface area contributed by atoms with E-state index in [4.69, 9.17) is 4.42 Å². The zero-order chi connectivity index (χ0) is 17.7. The van der Waals surface area contributed by atoms with Crippen molar-refractivity contribution < 1.29 is 9.52 Å². The Morgan fingerprint density at radius 3 is 2.38 bits per heavy atom. The molecule has 2 heterocycles. The maximum absolute atomic E-state index is 11.1. The molecule has 3 nitrogen and oxygen atoms in total. The lowest BCUT2D eigenvalue weighted by Crippen LogP contribution is -2.37. The summed E-state index contributed by atoms with van der Waals surface area (Å²) < 4.78 is 6.08. The molecule has 0 radical (unpaired) electrons. The SMILES string of the molecule is CCCN(Cc1ccsc1)Cc1ccc(C(O)(C(C)C)C(C)C)o1. The van der Waals surface area contributed by atoms with Crippen LogP contribution in [0.4, 0.5) is 0 Å². The minimum Gasteiger partial charge on any atom is -0.462 e. The minimum absolute atomic E-state index is 0.106. The molecule has 134 valence electrons. The molecule has 0 amide bonds. The summed E-state index contributed by atoms with van der Waals surface area (Å²) >= 11 is 1.74. The fraction of sp³-hybridized carbons (Fsp3) is 0.600. The topological polar surface area (TPSA) is 36.6 Å². The second-order valence-electron chi connectivity index (χ2n) is 7.24. The first-order chi connectivity index (χ1) is 11.4. The zero-order valence-electron chi connectivity index (χ0n) is 15.6. The fourth-order valence-corrected chi connectivity index (χ4v) is 3.97. The third-order valence-electron chi connectivity index (χ3n) is 4.72.